The Bertz CT molecular complexity index is 585. The van der Waals surface area contributed by atoms with Crippen LogP contribution in [-0.4, -0.2) is 36.0 Å². The van der Waals surface area contributed by atoms with Gasteiger partial charge in [0, 0.05) is 48.8 Å². The highest BCUT2D eigenvalue weighted by Gasteiger charge is 2.10. The molecule has 2 N–H and O–H groups in total. The van der Waals surface area contributed by atoms with Gasteiger partial charge in [-0.1, -0.05) is 6.92 Å². The minimum absolute atomic E-state index is 0.00292. The Balaban J connectivity index is 1.74. The predicted octanol–water partition coefficient (Wildman–Crippen LogP) is 2.11. The van der Waals surface area contributed by atoms with Crippen LogP contribution in [0.3, 0.4) is 0 Å². The topological polar surface area (TPSA) is 66.9 Å². The molecule has 0 radical (unpaired) electrons. The van der Waals surface area contributed by atoms with Gasteiger partial charge in [-0.05, 0) is 25.6 Å². The number of nitrogens with zero attached hydrogens (tertiary/aromatic N) is 2. The van der Waals surface area contributed by atoms with Gasteiger partial charge in [0.25, 0.3) is 0 Å². The predicted molar refractivity (Wildman–Crippen MR) is 89.8 cm³/mol. The second-order valence-electron chi connectivity index (χ2n) is 5.22. The smallest absolute Gasteiger partial charge is 0.224 e. The Morgan fingerprint density at radius 2 is 2.14 bits per heavy atom. The zero-order chi connectivity index (χ0) is 15.8. The summed E-state index contributed by atoms with van der Waals surface area (Å²) in [4.78, 5) is 20.4. The Hall–Kier alpha value is -1.79. The molecule has 0 aromatic carbocycles. The van der Waals surface area contributed by atoms with Crippen LogP contribution in [0.5, 0.6) is 0 Å². The summed E-state index contributed by atoms with van der Waals surface area (Å²) < 4.78 is 0. The van der Waals surface area contributed by atoms with Crippen LogP contribution in [0.25, 0.3) is 11.3 Å². The number of carbonyl (C=O) groups excluding carboxylic acids is 1. The molecule has 6 heteroatoms. The van der Waals surface area contributed by atoms with Gasteiger partial charge in [-0.25, -0.2) is 4.98 Å². The first-order valence-electron chi connectivity index (χ1n) is 7.48. The van der Waals surface area contributed by atoms with E-state index in [1.807, 2.05) is 26.1 Å². The molecule has 0 bridgehead atoms. The lowest BCUT2D eigenvalue weighted by atomic mass is 10.1. The number of thiazole rings is 1. The number of amides is 1. The molecular weight excluding hydrogens is 296 g/mol. The van der Waals surface area contributed by atoms with Gasteiger partial charge in [0.2, 0.25) is 5.91 Å². The normalized spacial score (nSPS) is 12.1. The number of carbonyl (C=O) groups is 1. The monoisotopic (exact) mass is 318 g/mol. The van der Waals surface area contributed by atoms with Crippen LogP contribution in [0.1, 0.15) is 18.4 Å². The van der Waals surface area contributed by atoms with Gasteiger partial charge in [-0.2, -0.15) is 0 Å². The maximum Gasteiger partial charge on any atom is 0.224 e. The van der Waals surface area contributed by atoms with Crippen molar-refractivity contribution < 1.29 is 4.79 Å². The molecule has 1 unspecified atom stereocenters. The highest BCUT2D eigenvalue weighted by atomic mass is 32.1. The van der Waals surface area contributed by atoms with Gasteiger partial charge >= 0.3 is 0 Å². The number of pyridine rings is 1. The molecule has 1 atom stereocenters. The zero-order valence-electron chi connectivity index (χ0n) is 13.0. The standard InChI is InChI=1S/C16H22N4OS/c1-12(10-17-2)16(21)19-7-3-4-15-20-14(11-22-15)13-5-8-18-9-6-13/h5-6,8-9,11-12,17H,3-4,7,10H2,1-2H3,(H,19,21). The Labute approximate surface area is 135 Å². The Kier molecular flexibility index (Phi) is 6.48. The third kappa shape index (κ3) is 4.89. The van der Waals surface area contributed by atoms with Gasteiger partial charge in [0.1, 0.15) is 0 Å². The van der Waals surface area contributed by atoms with Gasteiger partial charge in [0.15, 0.2) is 0 Å². The third-order valence-electron chi connectivity index (χ3n) is 3.35. The summed E-state index contributed by atoms with van der Waals surface area (Å²) in [6, 6.07) is 3.92. The molecule has 0 aliphatic heterocycles. The lowest BCUT2D eigenvalue weighted by molar-refractivity contribution is -0.124. The second kappa shape index (κ2) is 8.60. The van der Waals surface area contributed by atoms with Crippen LogP contribution in [0, 0.1) is 5.92 Å². The summed E-state index contributed by atoms with van der Waals surface area (Å²) in [5.74, 6) is 0.106. The van der Waals surface area contributed by atoms with E-state index in [1.165, 1.54) is 0 Å². The Morgan fingerprint density at radius 1 is 1.36 bits per heavy atom. The molecule has 22 heavy (non-hydrogen) atoms. The largest absolute Gasteiger partial charge is 0.356 e. The summed E-state index contributed by atoms with van der Waals surface area (Å²) in [6.07, 6.45) is 5.34. The van der Waals surface area contributed by atoms with Crippen molar-refractivity contribution in [2.75, 3.05) is 20.1 Å². The number of hydrogen-bond donors (Lipinski definition) is 2. The van der Waals surface area contributed by atoms with E-state index in [9.17, 15) is 4.79 Å². The van der Waals surface area contributed by atoms with Crippen LogP contribution < -0.4 is 10.6 Å². The summed E-state index contributed by atoms with van der Waals surface area (Å²) >= 11 is 1.66. The molecule has 0 aliphatic carbocycles. The van der Waals surface area contributed by atoms with Crippen molar-refractivity contribution in [1.82, 2.24) is 20.6 Å². The molecule has 2 rings (SSSR count). The molecule has 0 saturated carbocycles. The van der Waals surface area contributed by atoms with Crippen LogP contribution >= 0.6 is 11.3 Å². The van der Waals surface area contributed by atoms with Gasteiger partial charge in [-0.15, -0.1) is 11.3 Å². The zero-order valence-corrected chi connectivity index (χ0v) is 13.8. The quantitative estimate of drug-likeness (QED) is 0.732. The van der Waals surface area contributed by atoms with E-state index in [0.29, 0.717) is 13.1 Å². The second-order valence-corrected chi connectivity index (χ2v) is 6.16. The number of aromatic nitrogens is 2. The lowest BCUT2D eigenvalue weighted by Crippen LogP contribution is -2.34. The maximum atomic E-state index is 11.8. The molecule has 118 valence electrons. The molecule has 0 fully saturated rings. The minimum Gasteiger partial charge on any atom is -0.356 e. The summed E-state index contributed by atoms with van der Waals surface area (Å²) in [6.45, 7) is 3.32. The lowest BCUT2D eigenvalue weighted by Gasteiger charge is -2.10. The minimum atomic E-state index is 0.00292. The van der Waals surface area contributed by atoms with E-state index in [2.05, 4.69) is 26.0 Å². The van der Waals surface area contributed by atoms with E-state index in [4.69, 9.17) is 0 Å². The van der Waals surface area contributed by atoms with Gasteiger partial charge in [0.05, 0.1) is 10.7 Å². The Morgan fingerprint density at radius 3 is 2.86 bits per heavy atom. The molecule has 2 aromatic heterocycles. The van der Waals surface area contributed by atoms with E-state index in [1.54, 1.807) is 23.7 Å². The summed E-state index contributed by atoms with van der Waals surface area (Å²) in [7, 11) is 1.85. The van der Waals surface area contributed by atoms with Gasteiger partial charge in [-0.3, -0.25) is 9.78 Å². The van der Waals surface area contributed by atoms with Crippen molar-refractivity contribution in [2.45, 2.75) is 19.8 Å². The van der Waals surface area contributed by atoms with Crippen LogP contribution in [0.15, 0.2) is 29.9 Å². The maximum absolute atomic E-state index is 11.8. The highest BCUT2D eigenvalue weighted by molar-refractivity contribution is 7.09. The number of rotatable bonds is 8. The van der Waals surface area contributed by atoms with Crippen molar-refractivity contribution in [3.05, 3.63) is 34.9 Å². The fourth-order valence-corrected chi connectivity index (χ4v) is 2.95. The molecule has 0 saturated heterocycles. The van der Waals surface area contributed by atoms with E-state index in [-0.39, 0.29) is 11.8 Å². The first kappa shape index (κ1) is 16.6. The number of hydrogen-bond acceptors (Lipinski definition) is 5. The van der Waals surface area contributed by atoms with Crippen molar-refractivity contribution in [2.24, 2.45) is 5.92 Å². The molecule has 0 spiro atoms. The summed E-state index contributed by atoms with van der Waals surface area (Å²) in [5, 5.41) is 9.14. The van der Waals surface area contributed by atoms with Crippen LogP contribution in [-0.2, 0) is 11.2 Å². The van der Waals surface area contributed by atoms with Crippen LogP contribution in [0.4, 0.5) is 0 Å². The van der Waals surface area contributed by atoms with Crippen molar-refractivity contribution in [3.8, 4) is 11.3 Å². The van der Waals surface area contributed by atoms with E-state index < -0.39 is 0 Å². The van der Waals surface area contributed by atoms with Gasteiger partial charge < -0.3 is 10.6 Å². The van der Waals surface area contributed by atoms with Crippen molar-refractivity contribution >= 4 is 17.2 Å². The average Bonchev–Trinajstić information content (AvgIpc) is 3.01. The first-order valence-corrected chi connectivity index (χ1v) is 8.35. The highest BCUT2D eigenvalue weighted by Crippen LogP contribution is 2.21. The molecular formula is C16H22N4OS. The first-order chi connectivity index (χ1) is 10.7. The molecule has 2 heterocycles. The SMILES string of the molecule is CNCC(C)C(=O)NCCCc1nc(-c2ccncc2)cs1. The fourth-order valence-electron chi connectivity index (χ4n) is 2.11. The summed E-state index contributed by atoms with van der Waals surface area (Å²) in [5.41, 5.74) is 2.08. The molecule has 1 amide bonds. The molecule has 0 aliphatic rings. The van der Waals surface area contributed by atoms with E-state index >= 15 is 0 Å². The van der Waals surface area contributed by atoms with Crippen molar-refractivity contribution in [1.29, 1.82) is 0 Å². The number of nitrogens with one attached hydrogen (secondary N) is 2. The fraction of sp³-hybridized carbons (Fsp3) is 0.438. The average molecular weight is 318 g/mol. The molecule has 5 nitrogen and oxygen atoms in total. The number of aryl methyl sites for hydroxylation is 1. The molecule has 2 aromatic rings. The van der Waals surface area contributed by atoms with E-state index in [0.717, 1.165) is 29.1 Å². The third-order valence-corrected chi connectivity index (χ3v) is 4.26. The van der Waals surface area contributed by atoms with Crippen LogP contribution in [0.2, 0.25) is 0 Å². The van der Waals surface area contributed by atoms with Crippen molar-refractivity contribution in [3.63, 3.8) is 0 Å².